The summed E-state index contributed by atoms with van der Waals surface area (Å²) in [4.78, 5) is 15.7. The molecule has 1 unspecified atom stereocenters. The van der Waals surface area contributed by atoms with Crippen LogP contribution in [0.3, 0.4) is 0 Å². The number of unbranched alkanes of at least 4 members (excludes halogenated alkanes) is 1. The molecule has 10 heteroatoms. The normalized spacial score (nSPS) is 11.4. The Bertz CT molecular complexity index is 1050. The molecular formula is C26H36N4O5S. The van der Waals surface area contributed by atoms with Crippen LogP contribution in [-0.4, -0.2) is 40.3 Å². The van der Waals surface area contributed by atoms with Crippen LogP contribution in [0.25, 0.3) is 4.85 Å². The molecule has 0 radical (unpaired) electrons. The van der Waals surface area contributed by atoms with Crippen LogP contribution in [0.15, 0.2) is 30.3 Å². The van der Waals surface area contributed by atoms with Gasteiger partial charge >= 0.3 is 6.03 Å². The van der Waals surface area contributed by atoms with Gasteiger partial charge in [0.05, 0.1) is 32.1 Å². The summed E-state index contributed by atoms with van der Waals surface area (Å²) in [6.07, 6.45) is 3.51. The second-order valence-electron chi connectivity index (χ2n) is 8.24. The van der Waals surface area contributed by atoms with Gasteiger partial charge in [-0.3, -0.25) is 10.9 Å². The monoisotopic (exact) mass is 516 g/mol. The lowest BCUT2D eigenvalue weighted by Gasteiger charge is -2.16. The van der Waals surface area contributed by atoms with Crippen LogP contribution < -0.4 is 20.9 Å². The number of amides is 2. The highest BCUT2D eigenvalue weighted by Gasteiger charge is 2.10. The smallest absolute Gasteiger partial charge is 0.333 e. The van der Waals surface area contributed by atoms with Crippen molar-refractivity contribution in [3.8, 4) is 5.75 Å². The summed E-state index contributed by atoms with van der Waals surface area (Å²) in [5.74, 6) is 0.903. The van der Waals surface area contributed by atoms with Crippen LogP contribution in [0.2, 0.25) is 0 Å². The Balaban J connectivity index is 1.75. The van der Waals surface area contributed by atoms with Crippen molar-refractivity contribution in [2.24, 2.45) is 0 Å². The van der Waals surface area contributed by atoms with Crippen molar-refractivity contribution in [2.45, 2.75) is 53.1 Å². The maximum absolute atomic E-state index is 12.2. The highest BCUT2D eigenvalue weighted by Crippen LogP contribution is 2.27. The van der Waals surface area contributed by atoms with Gasteiger partial charge in [-0.2, -0.15) is 0 Å². The molecular weight excluding hydrogens is 480 g/mol. The van der Waals surface area contributed by atoms with E-state index in [1.165, 1.54) is 11.1 Å². The van der Waals surface area contributed by atoms with Crippen molar-refractivity contribution in [3.05, 3.63) is 64.0 Å². The molecule has 36 heavy (non-hydrogen) atoms. The van der Waals surface area contributed by atoms with Crippen LogP contribution in [0, 0.1) is 13.5 Å². The van der Waals surface area contributed by atoms with Gasteiger partial charge in [-0.05, 0) is 67.5 Å². The fraction of sp³-hybridized carbons (Fsp3) is 0.462. The molecule has 2 aromatic carbocycles. The maximum atomic E-state index is 12.2. The number of carbonyl (C=O) groups is 1. The van der Waals surface area contributed by atoms with Crippen LogP contribution in [-0.2, 0) is 35.3 Å². The maximum Gasteiger partial charge on any atom is 0.333 e. The SMILES string of the molecule is [C-]#[N+]c1cc(NNC(=O)NCCCCOc2cc(CC)cc(CC)c2)c(COCCS(=O)O)cc1C. The van der Waals surface area contributed by atoms with E-state index < -0.39 is 17.1 Å². The van der Waals surface area contributed by atoms with Gasteiger partial charge in [-0.15, -0.1) is 0 Å². The molecule has 2 amide bonds. The van der Waals surface area contributed by atoms with Crippen molar-refractivity contribution in [1.29, 1.82) is 0 Å². The van der Waals surface area contributed by atoms with Crippen LogP contribution in [0.5, 0.6) is 5.75 Å². The highest BCUT2D eigenvalue weighted by molar-refractivity contribution is 7.79. The number of urea groups is 1. The third-order valence-electron chi connectivity index (χ3n) is 5.48. The van der Waals surface area contributed by atoms with E-state index in [2.05, 4.69) is 53.1 Å². The Hall–Kier alpha value is -3.13. The van der Waals surface area contributed by atoms with Gasteiger partial charge in [0, 0.05) is 17.8 Å². The molecule has 0 aliphatic carbocycles. The zero-order valence-electron chi connectivity index (χ0n) is 21.2. The van der Waals surface area contributed by atoms with E-state index in [9.17, 15) is 9.00 Å². The van der Waals surface area contributed by atoms with Crippen molar-refractivity contribution in [3.63, 3.8) is 0 Å². The standard InChI is InChI=1S/C26H36N4O5S/c1-5-20-14-21(6-2)16-23(15-20)35-10-8-7-9-28-26(31)30-29-25-17-24(27-4)19(3)13-22(25)18-34-11-12-36(32)33/h13-17,29H,5-12,18H2,1-3H3,(H,32,33)(H2,28,30,31). The van der Waals surface area contributed by atoms with Gasteiger partial charge in [0.25, 0.3) is 0 Å². The fourth-order valence-corrected chi connectivity index (χ4v) is 3.69. The summed E-state index contributed by atoms with van der Waals surface area (Å²) in [5, 5.41) is 2.79. The van der Waals surface area contributed by atoms with Crippen LogP contribution in [0.1, 0.15) is 48.9 Å². The molecule has 0 saturated heterocycles. The molecule has 0 bridgehead atoms. The summed E-state index contributed by atoms with van der Waals surface area (Å²) in [6, 6.07) is 9.40. The summed E-state index contributed by atoms with van der Waals surface area (Å²) >= 11 is -1.92. The van der Waals surface area contributed by atoms with Gasteiger partial charge in [-0.1, -0.05) is 26.0 Å². The molecule has 1 atom stereocenters. The van der Waals surface area contributed by atoms with E-state index in [4.69, 9.17) is 20.6 Å². The summed E-state index contributed by atoms with van der Waals surface area (Å²) in [5.41, 5.74) is 10.4. The van der Waals surface area contributed by atoms with Crippen molar-refractivity contribution in [1.82, 2.24) is 10.7 Å². The zero-order valence-corrected chi connectivity index (χ0v) is 22.0. The number of carbonyl (C=O) groups excluding carboxylic acids is 1. The first-order valence-corrected chi connectivity index (χ1v) is 13.4. The molecule has 2 aromatic rings. The molecule has 0 aromatic heterocycles. The molecule has 9 nitrogen and oxygen atoms in total. The quantitative estimate of drug-likeness (QED) is 0.116. The Kier molecular flexibility index (Phi) is 12.8. The number of hydrogen-bond donors (Lipinski definition) is 4. The number of benzene rings is 2. The molecule has 0 aliphatic heterocycles. The molecule has 0 saturated carbocycles. The lowest BCUT2D eigenvalue weighted by Crippen LogP contribution is -2.39. The second-order valence-corrected chi connectivity index (χ2v) is 9.29. The third kappa shape index (κ3) is 10.2. The number of hydrogen-bond acceptors (Lipinski definition) is 5. The van der Waals surface area contributed by atoms with Gasteiger partial charge < -0.3 is 19.3 Å². The van der Waals surface area contributed by atoms with E-state index >= 15 is 0 Å². The predicted octanol–water partition coefficient (Wildman–Crippen LogP) is 4.89. The van der Waals surface area contributed by atoms with Crippen molar-refractivity contribution in [2.75, 3.05) is 30.9 Å². The Morgan fingerprint density at radius 1 is 1.08 bits per heavy atom. The molecule has 2 rings (SSSR count). The Morgan fingerprint density at radius 3 is 2.44 bits per heavy atom. The topological polar surface area (TPSA) is 113 Å². The second kappa shape index (κ2) is 15.8. The van der Waals surface area contributed by atoms with E-state index in [0.717, 1.165) is 42.6 Å². The number of nitrogens with zero attached hydrogens (tertiary/aromatic N) is 1. The minimum atomic E-state index is -1.92. The van der Waals surface area contributed by atoms with Crippen LogP contribution >= 0.6 is 0 Å². The van der Waals surface area contributed by atoms with Gasteiger partial charge in [0.2, 0.25) is 0 Å². The minimum absolute atomic E-state index is 0.0124. The number of aryl methyl sites for hydroxylation is 3. The number of ether oxygens (including phenoxy) is 2. The first-order valence-electron chi connectivity index (χ1n) is 12.1. The summed E-state index contributed by atoms with van der Waals surface area (Å²) in [7, 11) is 0. The first-order chi connectivity index (χ1) is 17.4. The molecule has 0 fully saturated rings. The number of nitrogens with one attached hydrogen (secondary N) is 3. The van der Waals surface area contributed by atoms with Gasteiger partial charge in [0.15, 0.2) is 16.8 Å². The highest BCUT2D eigenvalue weighted by atomic mass is 32.2. The molecule has 0 heterocycles. The molecule has 4 N–H and O–H groups in total. The average Bonchev–Trinajstić information content (AvgIpc) is 2.87. The zero-order chi connectivity index (χ0) is 26.3. The number of rotatable bonds is 15. The van der Waals surface area contributed by atoms with Gasteiger partial charge in [0.1, 0.15) is 5.75 Å². The Morgan fingerprint density at radius 2 is 1.81 bits per heavy atom. The molecule has 196 valence electrons. The van der Waals surface area contributed by atoms with Crippen molar-refractivity contribution < 1.29 is 23.0 Å². The van der Waals surface area contributed by atoms with Crippen molar-refractivity contribution >= 4 is 28.5 Å². The lowest BCUT2D eigenvalue weighted by molar-refractivity contribution is 0.135. The summed E-state index contributed by atoms with van der Waals surface area (Å²) < 4.78 is 31.0. The lowest BCUT2D eigenvalue weighted by atomic mass is 10.1. The number of hydrazine groups is 1. The number of anilines is 1. The largest absolute Gasteiger partial charge is 0.494 e. The van der Waals surface area contributed by atoms with Crippen LogP contribution in [0.4, 0.5) is 16.2 Å². The summed E-state index contributed by atoms with van der Waals surface area (Å²) in [6.45, 7) is 14.7. The minimum Gasteiger partial charge on any atom is -0.494 e. The van der Waals surface area contributed by atoms with E-state index in [-0.39, 0.29) is 19.0 Å². The third-order valence-corrected chi connectivity index (χ3v) is 6.00. The Labute approximate surface area is 216 Å². The first kappa shape index (κ1) is 29.1. The average molecular weight is 517 g/mol. The molecule has 0 aliphatic rings. The van der Waals surface area contributed by atoms with Gasteiger partial charge in [-0.25, -0.2) is 13.8 Å². The molecule has 0 spiro atoms. The van der Waals surface area contributed by atoms with E-state index in [1.54, 1.807) is 12.1 Å². The predicted molar refractivity (Wildman–Crippen MR) is 143 cm³/mol. The van der Waals surface area contributed by atoms with E-state index in [1.807, 2.05) is 6.92 Å². The fourth-order valence-electron chi connectivity index (χ4n) is 3.43. The van der Waals surface area contributed by atoms with E-state index in [0.29, 0.717) is 24.5 Å².